The number of ether oxygens (including phenoxy) is 1. The first-order valence-corrected chi connectivity index (χ1v) is 7.91. The first kappa shape index (κ1) is 12.8. The van der Waals surface area contributed by atoms with Crippen molar-refractivity contribution in [3.8, 4) is 0 Å². The zero-order chi connectivity index (χ0) is 12.8. The molecular weight excluding hydrogens is 248 g/mol. The van der Waals surface area contributed by atoms with Crippen LogP contribution in [0.2, 0.25) is 0 Å². The monoisotopic (exact) mass is 270 g/mol. The molecule has 0 saturated heterocycles. The van der Waals surface area contributed by atoms with Crippen LogP contribution in [0, 0.1) is 17.8 Å². The van der Waals surface area contributed by atoms with Gasteiger partial charge in [0.05, 0.1) is 0 Å². The first-order valence-electron chi connectivity index (χ1n) is 7.47. The van der Waals surface area contributed by atoms with Gasteiger partial charge in [-0.25, -0.2) is 0 Å². The van der Waals surface area contributed by atoms with Gasteiger partial charge in [0.15, 0.2) is 0 Å². The summed E-state index contributed by atoms with van der Waals surface area (Å²) in [4.78, 5) is 12.1. The molecule has 0 radical (unpaired) electrons. The molecule has 0 spiro atoms. The van der Waals surface area contributed by atoms with Gasteiger partial charge in [0.1, 0.15) is 11.0 Å². The number of carbonyl (C=O) groups is 1. The van der Waals surface area contributed by atoms with Crippen molar-refractivity contribution in [1.82, 2.24) is 0 Å². The van der Waals surface area contributed by atoms with Gasteiger partial charge < -0.3 is 4.74 Å². The van der Waals surface area contributed by atoms with Crippen LogP contribution in [-0.2, 0) is 9.53 Å². The molecule has 0 heterocycles. The molecule has 4 rings (SSSR count). The highest BCUT2D eigenvalue weighted by Crippen LogP contribution is 2.57. The van der Waals surface area contributed by atoms with E-state index in [-0.39, 0.29) is 11.6 Å². The van der Waals surface area contributed by atoms with E-state index in [0.29, 0.717) is 0 Å². The number of halogens is 1. The lowest BCUT2D eigenvalue weighted by Crippen LogP contribution is -2.53. The van der Waals surface area contributed by atoms with Crippen molar-refractivity contribution in [2.75, 3.05) is 0 Å². The van der Waals surface area contributed by atoms with E-state index in [9.17, 15) is 4.79 Å². The Labute approximate surface area is 114 Å². The minimum absolute atomic E-state index is 0.132. The van der Waals surface area contributed by atoms with Crippen LogP contribution >= 0.6 is 11.6 Å². The van der Waals surface area contributed by atoms with Crippen molar-refractivity contribution in [2.45, 2.75) is 69.3 Å². The second-order valence-corrected chi connectivity index (χ2v) is 7.30. The van der Waals surface area contributed by atoms with E-state index in [4.69, 9.17) is 16.3 Å². The maximum absolute atomic E-state index is 12.1. The predicted molar refractivity (Wildman–Crippen MR) is 71.5 cm³/mol. The molecule has 102 valence electrons. The van der Waals surface area contributed by atoms with Gasteiger partial charge in [0.2, 0.25) is 0 Å². The van der Waals surface area contributed by atoms with Crippen LogP contribution in [0.5, 0.6) is 0 Å². The van der Waals surface area contributed by atoms with Crippen LogP contribution in [-0.4, -0.2) is 16.9 Å². The highest BCUT2D eigenvalue weighted by molar-refractivity contribution is 6.29. The smallest absolute Gasteiger partial charge is 0.324 e. The Kier molecular flexibility index (Phi) is 3.34. The molecule has 0 aromatic heterocycles. The predicted octanol–water partition coefficient (Wildman–Crippen LogP) is 3.91. The quantitative estimate of drug-likeness (QED) is 0.572. The average Bonchev–Trinajstić information content (AvgIpc) is 2.26. The highest BCUT2D eigenvalue weighted by atomic mass is 35.5. The third-order valence-corrected chi connectivity index (χ3v) is 5.49. The van der Waals surface area contributed by atoms with Crippen LogP contribution in [0.1, 0.15) is 58.3 Å². The standard InChI is InChI=1S/C15H23ClO2/c1-2-3-13(16)14(17)18-15-7-10-4-11(8-15)6-12(5-10)9-15/h10-13H,2-9H2,1H3. The Morgan fingerprint density at radius 3 is 2.17 bits per heavy atom. The molecule has 0 amide bonds. The maximum atomic E-state index is 12.1. The average molecular weight is 271 g/mol. The molecule has 0 aliphatic heterocycles. The van der Waals surface area contributed by atoms with Gasteiger partial charge in [-0.1, -0.05) is 13.3 Å². The van der Waals surface area contributed by atoms with E-state index < -0.39 is 5.38 Å². The van der Waals surface area contributed by atoms with Crippen molar-refractivity contribution in [2.24, 2.45) is 17.8 Å². The summed E-state index contributed by atoms with van der Waals surface area (Å²) >= 11 is 6.10. The van der Waals surface area contributed by atoms with Crippen molar-refractivity contribution < 1.29 is 9.53 Å². The molecule has 0 aromatic rings. The third-order valence-electron chi connectivity index (χ3n) is 5.10. The first-order chi connectivity index (χ1) is 8.60. The van der Waals surface area contributed by atoms with Gasteiger partial charge in [0, 0.05) is 0 Å². The zero-order valence-electron chi connectivity index (χ0n) is 11.2. The molecule has 4 fully saturated rings. The fourth-order valence-corrected chi connectivity index (χ4v) is 5.07. The Morgan fingerprint density at radius 1 is 1.22 bits per heavy atom. The Hall–Kier alpha value is -0.240. The summed E-state index contributed by atoms with van der Waals surface area (Å²) in [7, 11) is 0. The van der Waals surface area contributed by atoms with Crippen molar-refractivity contribution in [3.63, 3.8) is 0 Å². The summed E-state index contributed by atoms with van der Waals surface area (Å²) in [6.07, 6.45) is 9.07. The number of carbonyl (C=O) groups excluding carboxylic acids is 1. The molecule has 4 saturated carbocycles. The summed E-state index contributed by atoms with van der Waals surface area (Å²) in [6.45, 7) is 2.05. The van der Waals surface area contributed by atoms with Crippen LogP contribution in [0.25, 0.3) is 0 Å². The van der Waals surface area contributed by atoms with Crippen molar-refractivity contribution >= 4 is 17.6 Å². The molecule has 4 bridgehead atoms. The summed E-state index contributed by atoms with van der Waals surface area (Å²) in [5.41, 5.74) is -0.132. The lowest BCUT2D eigenvalue weighted by Gasteiger charge is -2.55. The summed E-state index contributed by atoms with van der Waals surface area (Å²) < 4.78 is 5.89. The minimum Gasteiger partial charge on any atom is -0.458 e. The SMILES string of the molecule is CCCC(Cl)C(=O)OC12CC3CC(CC(C3)C1)C2. The lowest BCUT2D eigenvalue weighted by atomic mass is 9.54. The van der Waals surface area contributed by atoms with Crippen LogP contribution in [0.3, 0.4) is 0 Å². The van der Waals surface area contributed by atoms with Gasteiger partial charge >= 0.3 is 5.97 Å². The summed E-state index contributed by atoms with van der Waals surface area (Å²) in [5.74, 6) is 2.26. The lowest BCUT2D eigenvalue weighted by molar-refractivity contribution is -0.186. The second-order valence-electron chi connectivity index (χ2n) is 6.78. The second kappa shape index (κ2) is 4.70. The Bertz CT molecular complexity index is 304. The van der Waals surface area contributed by atoms with Crippen LogP contribution in [0.4, 0.5) is 0 Å². The fourth-order valence-electron chi connectivity index (χ4n) is 4.80. The van der Waals surface area contributed by atoms with Crippen molar-refractivity contribution in [3.05, 3.63) is 0 Å². The molecular formula is C15H23ClO2. The number of hydrogen-bond acceptors (Lipinski definition) is 2. The van der Waals surface area contributed by atoms with Crippen molar-refractivity contribution in [1.29, 1.82) is 0 Å². The summed E-state index contributed by atoms with van der Waals surface area (Å²) in [6, 6.07) is 0. The number of hydrogen-bond donors (Lipinski definition) is 0. The Balaban J connectivity index is 1.67. The fraction of sp³-hybridized carbons (Fsp3) is 0.933. The van der Waals surface area contributed by atoms with Crippen LogP contribution < -0.4 is 0 Å². The number of esters is 1. The molecule has 0 aromatic carbocycles. The summed E-state index contributed by atoms with van der Waals surface area (Å²) in [5, 5.41) is -0.442. The molecule has 18 heavy (non-hydrogen) atoms. The van der Waals surface area contributed by atoms with Gasteiger partial charge in [-0.3, -0.25) is 4.79 Å². The van der Waals surface area contributed by atoms with Gasteiger partial charge in [-0.15, -0.1) is 11.6 Å². The largest absolute Gasteiger partial charge is 0.458 e. The minimum atomic E-state index is -0.442. The van der Waals surface area contributed by atoms with Gasteiger partial charge in [0.25, 0.3) is 0 Å². The van der Waals surface area contributed by atoms with E-state index in [1.54, 1.807) is 0 Å². The van der Waals surface area contributed by atoms with Gasteiger partial charge in [-0.05, 0) is 62.7 Å². The van der Waals surface area contributed by atoms with E-state index in [1.165, 1.54) is 19.3 Å². The van der Waals surface area contributed by atoms with E-state index >= 15 is 0 Å². The number of rotatable bonds is 4. The zero-order valence-corrected chi connectivity index (χ0v) is 11.9. The third kappa shape index (κ3) is 2.29. The van der Waals surface area contributed by atoms with E-state index in [1.807, 2.05) is 6.92 Å². The molecule has 1 unspecified atom stereocenters. The van der Waals surface area contributed by atoms with Gasteiger partial charge in [-0.2, -0.15) is 0 Å². The normalized spacial score (nSPS) is 42.9. The molecule has 3 heteroatoms. The maximum Gasteiger partial charge on any atom is 0.324 e. The number of alkyl halides is 1. The topological polar surface area (TPSA) is 26.3 Å². The molecule has 4 aliphatic carbocycles. The highest BCUT2D eigenvalue weighted by Gasteiger charge is 2.53. The van der Waals surface area contributed by atoms with Crippen LogP contribution in [0.15, 0.2) is 0 Å². The Morgan fingerprint density at radius 2 is 1.72 bits per heavy atom. The molecule has 1 atom stereocenters. The molecule has 0 N–H and O–H groups in total. The molecule has 4 aliphatic rings. The van der Waals surface area contributed by atoms with E-state index in [2.05, 4.69) is 0 Å². The molecule has 2 nitrogen and oxygen atoms in total. The van der Waals surface area contributed by atoms with E-state index in [0.717, 1.165) is 49.9 Å².